The number of hydrogen-bond donors (Lipinski definition) is 1. The van der Waals surface area contributed by atoms with Crippen LogP contribution in [0.1, 0.15) is 43.2 Å². The van der Waals surface area contributed by atoms with Gasteiger partial charge in [0.1, 0.15) is 6.04 Å². The zero-order chi connectivity index (χ0) is 28.5. The lowest BCUT2D eigenvalue weighted by molar-refractivity contribution is -0.141. The van der Waals surface area contributed by atoms with Crippen molar-refractivity contribution < 1.29 is 18.0 Å². The van der Waals surface area contributed by atoms with Gasteiger partial charge in [0.2, 0.25) is 21.8 Å². The molecule has 2 amide bonds. The van der Waals surface area contributed by atoms with Crippen molar-refractivity contribution in [3.63, 3.8) is 0 Å². The van der Waals surface area contributed by atoms with E-state index in [1.54, 1.807) is 0 Å². The Hall–Kier alpha value is -3.20. The summed E-state index contributed by atoms with van der Waals surface area (Å²) in [4.78, 5) is 29.3. The lowest BCUT2D eigenvalue weighted by Gasteiger charge is -2.34. The fourth-order valence-corrected chi connectivity index (χ4v) is 6.28. The first-order chi connectivity index (χ1) is 19.2. The van der Waals surface area contributed by atoms with Gasteiger partial charge in [0, 0.05) is 31.1 Å². The smallest absolute Gasteiger partial charge is 0.243 e. The van der Waals surface area contributed by atoms with Gasteiger partial charge >= 0.3 is 0 Å². The summed E-state index contributed by atoms with van der Waals surface area (Å²) in [6.45, 7) is -0.246. The third-order valence-corrected chi connectivity index (χ3v) is 9.37. The van der Waals surface area contributed by atoms with E-state index in [4.69, 9.17) is 11.6 Å². The van der Waals surface area contributed by atoms with Crippen LogP contribution in [0.15, 0.2) is 89.8 Å². The third kappa shape index (κ3) is 7.93. The predicted molar refractivity (Wildman–Crippen MR) is 157 cm³/mol. The molecule has 212 valence electrons. The van der Waals surface area contributed by atoms with E-state index in [-0.39, 0.29) is 23.4 Å². The number of benzene rings is 3. The highest BCUT2D eigenvalue weighted by Gasteiger charge is 2.34. The van der Waals surface area contributed by atoms with E-state index in [9.17, 15) is 18.0 Å². The maximum atomic E-state index is 13.9. The standard InChI is InChI=1S/C31H36ClN3O4S/c1-34(40(38,39)28-19-17-26(32)18-20-28)23-30(36)35(22-25-13-7-3-8-14-25)29(21-24-11-5-2-6-12-24)31(37)33-27-15-9-4-10-16-27/h2-3,5-8,11-14,17-20,27,29H,4,9-10,15-16,21-23H2,1H3,(H,33,37)/t29-/m1/s1. The summed E-state index contributed by atoms with van der Waals surface area (Å²) in [5, 5.41) is 3.61. The van der Waals surface area contributed by atoms with Gasteiger partial charge in [0.05, 0.1) is 11.4 Å². The predicted octanol–water partition coefficient (Wildman–Crippen LogP) is 5.05. The molecule has 0 saturated heterocycles. The van der Waals surface area contributed by atoms with Crippen LogP contribution in [0.4, 0.5) is 0 Å². The molecule has 9 heteroatoms. The monoisotopic (exact) mass is 581 g/mol. The fraction of sp³-hybridized carbons (Fsp3) is 0.355. The Morgan fingerprint density at radius 2 is 1.45 bits per heavy atom. The van der Waals surface area contributed by atoms with Gasteiger partial charge < -0.3 is 10.2 Å². The second-order valence-corrected chi connectivity index (χ2v) is 12.8. The number of likely N-dealkylation sites (N-methyl/N-ethyl adjacent to an activating group) is 1. The van der Waals surface area contributed by atoms with Crippen molar-refractivity contribution in [1.82, 2.24) is 14.5 Å². The van der Waals surface area contributed by atoms with Gasteiger partial charge in [0.15, 0.2) is 0 Å². The largest absolute Gasteiger partial charge is 0.352 e. The van der Waals surface area contributed by atoms with Crippen LogP contribution in [-0.2, 0) is 32.6 Å². The van der Waals surface area contributed by atoms with Crippen LogP contribution < -0.4 is 5.32 Å². The number of amides is 2. The minimum absolute atomic E-state index is 0.0395. The van der Waals surface area contributed by atoms with E-state index < -0.39 is 28.5 Å². The second kappa shape index (κ2) is 13.9. The number of nitrogens with zero attached hydrogens (tertiary/aromatic N) is 2. The van der Waals surface area contributed by atoms with E-state index in [1.165, 1.54) is 36.2 Å². The van der Waals surface area contributed by atoms with Crippen molar-refractivity contribution in [2.75, 3.05) is 13.6 Å². The molecule has 0 aliphatic heterocycles. The van der Waals surface area contributed by atoms with Crippen molar-refractivity contribution in [1.29, 1.82) is 0 Å². The minimum atomic E-state index is -3.96. The van der Waals surface area contributed by atoms with Crippen molar-refractivity contribution >= 4 is 33.4 Å². The summed E-state index contributed by atoms with van der Waals surface area (Å²) in [7, 11) is -2.59. The van der Waals surface area contributed by atoms with Gasteiger partial charge in [-0.25, -0.2) is 8.42 Å². The fourth-order valence-electron chi connectivity index (χ4n) is 5.03. The van der Waals surface area contributed by atoms with Gasteiger partial charge in [-0.3, -0.25) is 9.59 Å². The highest BCUT2D eigenvalue weighted by molar-refractivity contribution is 7.89. The van der Waals surface area contributed by atoms with Crippen LogP contribution >= 0.6 is 11.6 Å². The molecule has 1 N–H and O–H groups in total. The minimum Gasteiger partial charge on any atom is -0.352 e. The van der Waals surface area contributed by atoms with Crippen molar-refractivity contribution in [2.45, 2.75) is 62.0 Å². The number of carbonyl (C=O) groups excluding carboxylic acids is 2. The Balaban J connectivity index is 1.64. The van der Waals surface area contributed by atoms with Crippen LogP contribution in [0.5, 0.6) is 0 Å². The molecule has 7 nitrogen and oxygen atoms in total. The molecule has 0 heterocycles. The van der Waals surface area contributed by atoms with Crippen LogP contribution in [0.25, 0.3) is 0 Å². The molecule has 3 aromatic carbocycles. The Labute approximate surface area is 242 Å². The van der Waals surface area contributed by atoms with E-state index >= 15 is 0 Å². The van der Waals surface area contributed by atoms with Crippen LogP contribution in [0, 0.1) is 0 Å². The molecule has 0 bridgehead atoms. The first kappa shape index (κ1) is 29.8. The molecule has 4 rings (SSSR count). The summed E-state index contributed by atoms with van der Waals surface area (Å²) in [6, 6.07) is 24.1. The normalized spacial score (nSPS) is 15.0. The molecule has 3 aromatic rings. The highest BCUT2D eigenvalue weighted by Crippen LogP contribution is 2.21. The van der Waals surface area contributed by atoms with Crippen LogP contribution in [-0.4, -0.2) is 55.1 Å². The number of nitrogens with one attached hydrogen (secondary N) is 1. The summed E-state index contributed by atoms with van der Waals surface area (Å²) in [5.41, 5.74) is 1.77. The lowest BCUT2D eigenvalue weighted by Crippen LogP contribution is -2.54. The second-order valence-electron chi connectivity index (χ2n) is 10.3. The maximum absolute atomic E-state index is 13.9. The maximum Gasteiger partial charge on any atom is 0.243 e. The first-order valence-corrected chi connectivity index (χ1v) is 15.5. The van der Waals surface area contributed by atoms with Crippen molar-refractivity contribution in [3.8, 4) is 0 Å². The molecule has 1 saturated carbocycles. The Morgan fingerprint density at radius 1 is 0.875 bits per heavy atom. The molecule has 0 unspecified atom stereocenters. The Morgan fingerprint density at radius 3 is 2.05 bits per heavy atom. The molecule has 1 aliphatic carbocycles. The average molecular weight is 582 g/mol. The Kier molecular flexibility index (Phi) is 10.4. The number of carbonyl (C=O) groups is 2. The van der Waals surface area contributed by atoms with Crippen LogP contribution in [0.3, 0.4) is 0 Å². The Bertz CT molecular complexity index is 1360. The van der Waals surface area contributed by atoms with Gasteiger partial charge in [-0.1, -0.05) is 91.5 Å². The van der Waals surface area contributed by atoms with E-state index in [1.807, 2.05) is 60.7 Å². The van der Waals surface area contributed by atoms with Crippen molar-refractivity contribution in [3.05, 3.63) is 101 Å². The number of sulfonamides is 1. The molecule has 1 aliphatic rings. The average Bonchev–Trinajstić information content (AvgIpc) is 2.96. The molecule has 0 aromatic heterocycles. The van der Waals surface area contributed by atoms with E-state index in [0.29, 0.717) is 11.4 Å². The SMILES string of the molecule is CN(CC(=O)N(Cc1ccccc1)[C@H](Cc1ccccc1)C(=O)NC1CCCCC1)S(=O)(=O)c1ccc(Cl)cc1. The molecule has 40 heavy (non-hydrogen) atoms. The van der Waals surface area contributed by atoms with Gasteiger partial charge in [0.25, 0.3) is 0 Å². The van der Waals surface area contributed by atoms with E-state index in [2.05, 4.69) is 5.32 Å². The lowest BCUT2D eigenvalue weighted by atomic mass is 9.94. The van der Waals surface area contributed by atoms with Crippen molar-refractivity contribution in [2.24, 2.45) is 0 Å². The molecule has 1 fully saturated rings. The topological polar surface area (TPSA) is 86.8 Å². The molecule has 0 radical (unpaired) electrons. The zero-order valence-corrected chi connectivity index (χ0v) is 24.3. The number of hydrogen-bond acceptors (Lipinski definition) is 4. The molecular weight excluding hydrogens is 546 g/mol. The highest BCUT2D eigenvalue weighted by atomic mass is 35.5. The molecule has 0 spiro atoms. The van der Waals surface area contributed by atoms with Gasteiger partial charge in [-0.2, -0.15) is 4.31 Å². The first-order valence-electron chi connectivity index (χ1n) is 13.6. The summed E-state index contributed by atoms with van der Waals surface area (Å²) >= 11 is 5.94. The number of halogens is 1. The zero-order valence-electron chi connectivity index (χ0n) is 22.7. The van der Waals surface area contributed by atoms with Gasteiger partial charge in [-0.05, 0) is 48.2 Å². The van der Waals surface area contributed by atoms with Crippen LogP contribution in [0.2, 0.25) is 5.02 Å². The van der Waals surface area contributed by atoms with Gasteiger partial charge in [-0.15, -0.1) is 0 Å². The summed E-state index contributed by atoms with van der Waals surface area (Å²) in [6.07, 6.45) is 5.43. The number of rotatable bonds is 11. The third-order valence-electron chi connectivity index (χ3n) is 7.30. The molecule has 1 atom stereocenters. The molecular formula is C31H36ClN3O4S. The quantitative estimate of drug-likeness (QED) is 0.343. The summed E-state index contributed by atoms with van der Waals surface area (Å²) < 4.78 is 27.5. The van der Waals surface area contributed by atoms with E-state index in [0.717, 1.165) is 47.5 Å². The summed E-state index contributed by atoms with van der Waals surface area (Å²) in [5.74, 6) is -0.674.